The molecule has 0 saturated carbocycles. The minimum absolute atomic E-state index is 0.915. The lowest BCUT2D eigenvalue weighted by atomic mass is 9.84. The van der Waals surface area contributed by atoms with Gasteiger partial charge in [0.1, 0.15) is 22.3 Å². The molecule has 0 atom stereocenters. The van der Waals surface area contributed by atoms with Crippen LogP contribution >= 0.6 is 0 Å². The van der Waals surface area contributed by atoms with Gasteiger partial charge in [0.25, 0.3) is 0 Å². The number of fused-ring (bicyclic) bond motifs is 16. The quantitative estimate of drug-likeness (QED) is 0.114. The highest BCUT2D eigenvalue weighted by molar-refractivity contribution is 6.28. The van der Waals surface area contributed by atoms with Crippen molar-refractivity contribution in [3.05, 3.63) is 546 Å². The Labute approximate surface area is 833 Å². The number of benzene rings is 27. The SMILES string of the molecule is c1ccc(-c2ccc3cccc(-c4c5ccccc5c(-c5ccc(-c6ccc7oc8ccccc8c7c6)cc5)c5ccccc45)c3c2)cc1.c1ccc(-c2ccc3cccc(-c4c5ccccc5c(-c5cccc(-c6ccc7oc8ccccc8c7c6)c5)c5ccccc45)c3c2)cc1.c1ccc(-c2ccc3cccc(-c4c5ccccc5c(-c5cccc(-c6cccc7ccccc67)c5)c5ccccc45)c3c2)cc1. The Bertz CT molecular complexity index is 9970. The van der Waals surface area contributed by atoms with Crippen molar-refractivity contribution < 1.29 is 8.83 Å². The molecule has 2 heteroatoms. The Hall–Kier alpha value is -18.9. The minimum Gasteiger partial charge on any atom is -0.456 e. The summed E-state index contributed by atoms with van der Waals surface area (Å²) < 4.78 is 12.2. The third kappa shape index (κ3) is 14.9. The molecule has 27 aromatic carbocycles. The maximum atomic E-state index is 6.14. The fourth-order valence-electron chi connectivity index (χ4n) is 22.9. The van der Waals surface area contributed by atoms with Crippen LogP contribution in [0, 0.1) is 0 Å². The van der Waals surface area contributed by atoms with Gasteiger partial charge in [0.15, 0.2) is 0 Å². The zero-order valence-electron chi connectivity index (χ0n) is 78.8. The average Bonchev–Trinajstić information content (AvgIpc) is 1.09. The van der Waals surface area contributed by atoms with Crippen molar-refractivity contribution in [2.24, 2.45) is 0 Å². The van der Waals surface area contributed by atoms with Crippen LogP contribution in [-0.2, 0) is 0 Å². The number of para-hydroxylation sites is 2. The van der Waals surface area contributed by atoms with Crippen molar-refractivity contribution >= 4 is 152 Å². The molecule has 29 rings (SSSR count). The number of furan rings is 2. The second-order valence-electron chi connectivity index (χ2n) is 37.7. The molecule has 2 nitrogen and oxygen atoms in total. The van der Waals surface area contributed by atoms with E-state index in [2.05, 4.69) is 522 Å². The maximum Gasteiger partial charge on any atom is 0.135 e. The Morgan fingerprint density at radius 1 is 0.0903 bits per heavy atom. The summed E-state index contributed by atoms with van der Waals surface area (Å²) in [5.74, 6) is 0. The van der Waals surface area contributed by atoms with Gasteiger partial charge in [-0.15, -0.1) is 0 Å². The Balaban J connectivity index is 0.000000108. The molecular formula is C142H90O2. The topological polar surface area (TPSA) is 26.3 Å². The third-order valence-electron chi connectivity index (χ3n) is 29.6. The number of hydrogen-bond acceptors (Lipinski definition) is 2. The highest BCUT2D eigenvalue weighted by Gasteiger charge is 2.25. The van der Waals surface area contributed by atoms with Crippen molar-refractivity contribution in [1.82, 2.24) is 0 Å². The van der Waals surface area contributed by atoms with Gasteiger partial charge in [0.05, 0.1) is 0 Å². The fraction of sp³-hybridized carbons (Fsp3) is 0. The predicted octanol–water partition coefficient (Wildman–Crippen LogP) is 40.4. The van der Waals surface area contributed by atoms with E-state index in [0.29, 0.717) is 0 Å². The Morgan fingerprint density at radius 2 is 0.299 bits per heavy atom. The van der Waals surface area contributed by atoms with E-state index >= 15 is 0 Å². The number of rotatable bonds is 12. The molecule has 0 unspecified atom stereocenters. The van der Waals surface area contributed by atoms with Crippen LogP contribution < -0.4 is 0 Å². The van der Waals surface area contributed by atoms with Crippen LogP contribution in [0.1, 0.15) is 0 Å². The second kappa shape index (κ2) is 35.9. The first kappa shape index (κ1) is 84.4. The lowest BCUT2D eigenvalue weighted by molar-refractivity contribution is 0.668. The lowest BCUT2D eigenvalue weighted by Gasteiger charge is -2.19. The van der Waals surface area contributed by atoms with Crippen molar-refractivity contribution in [3.8, 4) is 134 Å². The van der Waals surface area contributed by atoms with E-state index in [-0.39, 0.29) is 0 Å². The molecule has 0 aliphatic rings. The van der Waals surface area contributed by atoms with Crippen LogP contribution in [0.25, 0.3) is 285 Å². The third-order valence-corrected chi connectivity index (χ3v) is 29.6. The van der Waals surface area contributed by atoms with Crippen molar-refractivity contribution in [2.45, 2.75) is 0 Å². The van der Waals surface area contributed by atoms with E-state index in [1.54, 1.807) is 0 Å². The predicted molar refractivity (Wildman–Crippen MR) is 614 cm³/mol. The highest BCUT2D eigenvalue weighted by atomic mass is 16.3. The van der Waals surface area contributed by atoms with Gasteiger partial charge < -0.3 is 8.83 Å². The van der Waals surface area contributed by atoms with E-state index in [1.165, 1.54) is 241 Å². The summed E-state index contributed by atoms with van der Waals surface area (Å²) in [6.45, 7) is 0. The molecule has 2 aromatic heterocycles. The summed E-state index contributed by atoms with van der Waals surface area (Å²) >= 11 is 0. The molecule has 0 bridgehead atoms. The van der Waals surface area contributed by atoms with Gasteiger partial charge in [0, 0.05) is 21.5 Å². The minimum atomic E-state index is 0.915. The zero-order chi connectivity index (χ0) is 95.1. The first-order valence-electron chi connectivity index (χ1n) is 49.6. The van der Waals surface area contributed by atoms with Gasteiger partial charge in [-0.25, -0.2) is 0 Å². The van der Waals surface area contributed by atoms with Gasteiger partial charge in [-0.2, -0.15) is 0 Å². The Kier molecular flexibility index (Phi) is 21.0. The average molecular weight is 1830 g/mol. The van der Waals surface area contributed by atoms with Crippen molar-refractivity contribution in [3.63, 3.8) is 0 Å². The molecule has 0 aliphatic carbocycles. The van der Waals surface area contributed by atoms with Gasteiger partial charge >= 0.3 is 0 Å². The molecule has 144 heavy (non-hydrogen) atoms. The van der Waals surface area contributed by atoms with E-state index < -0.39 is 0 Å². The van der Waals surface area contributed by atoms with Crippen LogP contribution in [-0.4, -0.2) is 0 Å². The fourth-order valence-corrected chi connectivity index (χ4v) is 22.9. The van der Waals surface area contributed by atoms with E-state index in [0.717, 1.165) is 43.9 Å². The summed E-state index contributed by atoms with van der Waals surface area (Å²) in [6, 6.07) is 198. The van der Waals surface area contributed by atoms with Gasteiger partial charge in [-0.1, -0.05) is 479 Å². The molecular weight excluding hydrogens is 1740 g/mol. The molecule has 0 amide bonds. The second-order valence-corrected chi connectivity index (χ2v) is 37.7. The molecule has 670 valence electrons. The lowest BCUT2D eigenvalue weighted by Crippen LogP contribution is -1.92. The van der Waals surface area contributed by atoms with Gasteiger partial charge in [0.2, 0.25) is 0 Å². The summed E-state index contributed by atoms with van der Waals surface area (Å²) in [6.07, 6.45) is 0. The molecule has 0 saturated heterocycles. The normalized spacial score (nSPS) is 11.6. The first-order valence-corrected chi connectivity index (χ1v) is 49.6. The summed E-state index contributed by atoms with van der Waals surface area (Å²) in [5, 5.41) is 29.8. The van der Waals surface area contributed by atoms with Crippen molar-refractivity contribution in [1.29, 1.82) is 0 Å². The molecule has 0 N–H and O–H groups in total. The van der Waals surface area contributed by atoms with Gasteiger partial charge in [-0.05, 0) is 308 Å². The maximum absolute atomic E-state index is 6.14. The van der Waals surface area contributed by atoms with E-state index in [9.17, 15) is 0 Å². The first-order chi connectivity index (χ1) is 71.4. The monoisotopic (exact) mass is 1830 g/mol. The Morgan fingerprint density at radius 3 is 0.667 bits per heavy atom. The van der Waals surface area contributed by atoms with Crippen LogP contribution in [0.4, 0.5) is 0 Å². The smallest absolute Gasteiger partial charge is 0.135 e. The van der Waals surface area contributed by atoms with Crippen LogP contribution in [0.2, 0.25) is 0 Å². The summed E-state index contributed by atoms with van der Waals surface area (Å²) in [4.78, 5) is 0. The van der Waals surface area contributed by atoms with Crippen LogP contribution in [0.15, 0.2) is 555 Å². The molecule has 0 aliphatic heterocycles. The molecule has 0 spiro atoms. The molecule has 0 fully saturated rings. The standard InChI is InChI=1S/2C48H30O.C46H30/c1-2-12-31(13-3-1)34-25-24-32-14-11-22-42(43(32)29-34)48-40-20-6-4-18-38(40)47(39-19-5-7-21-41(39)48)36-16-10-15-33(28-36)35-26-27-46-44(30-35)37-17-8-9-23-45(37)49-46;1-2-11-31(12-3-1)35-26-23-33-13-10-19-42(43(33)29-35)48-40-17-6-4-15-38(40)47(39-16-5-7-18-41(39)48)34-24-21-32(22-25-34)36-27-28-46-44(30-36)37-14-8-9-20-45(37)49-46;1-2-13-31(14-3-1)34-28-27-33-17-12-26-43(44(33)30-34)46-41-23-8-6-21-39(41)45(40-22-7-9-24-42(40)46)36-19-10-18-35(29-36)38-25-11-16-32-15-4-5-20-37(32)38/h2*1-30H;1-30H. The van der Waals surface area contributed by atoms with Crippen LogP contribution in [0.3, 0.4) is 0 Å². The molecule has 0 radical (unpaired) electrons. The zero-order valence-corrected chi connectivity index (χ0v) is 78.8. The van der Waals surface area contributed by atoms with E-state index in [4.69, 9.17) is 8.83 Å². The summed E-state index contributed by atoms with van der Waals surface area (Å²) in [5.41, 5.74) is 33.3. The molecule has 29 aromatic rings. The van der Waals surface area contributed by atoms with E-state index in [1.807, 2.05) is 24.3 Å². The van der Waals surface area contributed by atoms with Gasteiger partial charge in [-0.3, -0.25) is 0 Å². The highest BCUT2D eigenvalue weighted by Crippen LogP contribution is 2.52. The number of hydrogen-bond donors (Lipinski definition) is 0. The molecule has 2 heterocycles. The largest absolute Gasteiger partial charge is 0.456 e. The summed E-state index contributed by atoms with van der Waals surface area (Å²) in [7, 11) is 0. The van der Waals surface area contributed by atoms with Crippen molar-refractivity contribution in [2.75, 3.05) is 0 Å². The van der Waals surface area contributed by atoms with Crippen LogP contribution in [0.5, 0.6) is 0 Å².